The molecule has 126 valence electrons. The van der Waals surface area contributed by atoms with Gasteiger partial charge in [-0.3, -0.25) is 9.69 Å². The molecule has 1 aliphatic heterocycles. The van der Waals surface area contributed by atoms with Crippen LogP contribution in [0.15, 0.2) is 48.5 Å². The minimum Gasteiger partial charge on any atom is -0.388 e. The second-order valence-electron chi connectivity index (χ2n) is 6.08. The molecule has 5 heteroatoms. The summed E-state index contributed by atoms with van der Waals surface area (Å²) < 4.78 is 13.6. The predicted octanol–water partition coefficient (Wildman–Crippen LogP) is 2.38. The molecule has 0 aromatic heterocycles. The van der Waals surface area contributed by atoms with Crippen molar-refractivity contribution in [3.05, 3.63) is 71.0 Å². The Morgan fingerprint density at radius 1 is 1.21 bits per heavy atom. The van der Waals surface area contributed by atoms with E-state index in [4.69, 9.17) is 0 Å². The highest BCUT2D eigenvalue weighted by Crippen LogP contribution is 2.26. The monoisotopic (exact) mass is 328 g/mol. The van der Waals surface area contributed by atoms with Crippen molar-refractivity contribution in [2.24, 2.45) is 0 Å². The number of carbonyl (C=O) groups is 1. The van der Waals surface area contributed by atoms with Crippen LogP contribution in [0.2, 0.25) is 0 Å². The van der Waals surface area contributed by atoms with Gasteiger partial charge in [0, 0.05) is 25.2 Å². The van der Waals surface area contributed by atoms with Crippen molar-refractivity contribution in [2.75, 3.05) is 13.1 Å². The zero-order chi connectivity index (χ0) is 16.9. The van der Waals surface area contributed by atoms with E-state index >= 15 is 0 Å². The molecule has 1 amide bonds. The number of carbonyl (C=O) groups excluding carboxylic acids is 1. The summed E-state index contributed by atoms with van der Waals surface area (Å²) in [6.45, 7) is 1.68. The third-order valence-electron chi connectivity index (χ3n) is 4.33. The lowest BCUT2D eigenvalue weighted by atomic mass is 10.0. The van der Waals surface area contributed by atoms with Crippen LogP contribution in [0.1, 0.15) is 29.2 Å². The fraction of sp³-hybridized carbons (Fsp3) is 0.316. The minimum atomic E-state index is -0.493. The zero-order valence-electron chi connectivity index (χ0n) is 13.4. The molecule has 4 nitrogen and oxygen atoms in total. The highest BCUT2D eigenvalue weighted by atomic mass is 19.1. The van der Waals surface area contributed by atoms with Gasteiger partial charge in [-0.25, -0.2) is 4.39 Å². The molecule has 1 atom stereocenters. The molecule has 0 radical (unpaired) electrons. The van der Waals surface area contributed by atoms with Crippen molar-refractivity contribution in [3.63, 3.8) is 0 Å². The van der Waals surface area contributed by atoms with Crippen LogP contribution in [0, 0.1) is 5.82 Å². The van der Waals surface area contributed by atoms with Gasteiger partial charge in [0.15, 0.2) is 0 Å². The first-order chi connectivity index (χ1) is 11.6. The fourth-order valence-corrected chi connectivity index (χ4v) is 3.01. The van der Waals surface area contributed by atoms with Crippen LogP contribution in [-0.4, -0.2) is 29.0 Å². The van der Waals surface area contributed by atoms with Gasteiger partial charge >= 0.3 is 0 Å². The highest BCUT2D eigenvalue weighted by Gasteiger charge is 2.21. The minimum absolute atomic E-state index is 0.146. The third kappa shape index (κ3) is 3.99. The molecular weight excluding hydrogens is 307 g/mol. The third-order valence-corrected chi connectivity index (χ3v) is 4.33. The Balaban J connectivity index is 1.58. The molecule has 0 bridgehead atoms. The smallest absolute Gasteiger partial charge is 0.234 e. The van der Waals surface area contributed by atoms with Crippen molar-refractivity contribution in [2.45, 2.75) is 25.6 Å². The van der Waals surface area contributed by atoms with Gasteiger partial charge in [-0.15, -0.1) is 0 Å². The van der Waals surface area contributed by atoms with E-state index in [2.05, 4.69) is 5.32 Å². The van der Waals surface area contributed by atoms with E-state index < -0.39 is 6.10 Å². The average molecular weight is 328 g/mol. The summed E-state index contributed by atoms with van der Waals surface area (Å²) in [5, 5.41) is 13.0. The Morgan fingerprint density at radius 2 is 1.96 bits per heavy atom. The summed E-state index contributed by atoms with van der Waals surface area (Å²) in [4.78, 5) is 14.2. The Bertz CT molecular complexity index is 720. The van der Waals surface area contributed by atoms with Crippen LogP contribution in [0.3, 0.4) is 0 Å². The van der Waals surface area contributed by atoms with Crippen LogP contribution < -0.4 is 5.32 Å². The highest BCUT2D eigenvalue weighted by molar-refractivity contribution is 5.78. The summed E-state index contributed by atoms with van der Waals surface area (Å²) in [5.41, 5.74) is 2.46. The Morgan fingerprint density at radius 3 is 2.79 bits per heavy atom. The van der Waals surface area contributed by atoms with E-state index in [0.29, 0.717) is 25.1 Å². The van der Waals surface area contributed by atoms with Crippen LogP contribution in [0.25, 0.3) is 0 Å². The lowest BCUT2D eigenvalue weighted by Crippen LogP contribution is -2.37. The number of hydrogen-bond donors (Lipinski definition) is 2. The quantitative estimate of drug-likeness (QED) is 0.906. The predicted molar refractivity (Wildman–Crippen MR) is 89.5 cm³/mol. The number of nitrogens with zero attached hydrogens (tertiary/aromatic N) is 1. The van der Waals surface area contributed by atoms with Crippen LogP contribution in [0.4, 0.5) is 4.39 Å². The number of nitrogens with one attached hydrogen (secondary N) is 1. The van der Waals surface area contributed by atoms with E-state index in [0.717, 1.165) is 11.1 Å². The first-order valence-corrected chi connectivity index (χ1v) is 8.12. The van der Waals surface area contributed by atoms with Gasteiger partial charge in [-0.1, -0.05) is 42.5 Å². The number of fused-ring (bicyclic) bond motifs is 1. The van der Waals surface area contributed by atoms with Crippen LogP contribution >= 0.6 is 0 Å². The maximum Gasteiger partial charge on any atom is 0.234 e. The number of amides is 1. The molecule has 2 N–H and O–H groups in total. The maximum absolute atomic E-state index is 13.6. The van der Waals surface area contributed by atoms with Gasteiger partial charge in [-0.05, 0) is 23.6 Å². The Hall–Kier alpha value is -2.24. The summed E-state index contributed by atoms with van der Waals surface area (Å²) in [6, 6.07) is 14.2. The fourth-order valence-electron chi connectivity index (χ4n) is 3.01. The van der Waals surface area contributed by atoms with E-state index in [1.807, 2.05) is 29.2 Å². The topological polar surface area (TPSA) is 52.6 Å². The van der Waals surface area contributed by atoms with Gasteiger partial charge in [0.2, 0.25) is 5.91 Å². The second kappa shape index (κ2) is 7.55. The van der Waals surface area contributed by atoms with E-state index in [-0.39, 0.29) is 24.8 Å². The van der Waals surface area contributed by atoms with Crippen molar-refractivity contribution < 1.29 is 14.3 Å². The Kier molecular flexibility index (Phi) is 5.23. The van der Waals surface area contributed by atoms with E-state index in [1.54, 1.807) is 18.2 Å². The van der Waals surface area contributed by atoms with Gasteiger partial charge in [-0.2, -0.15) is 0 Å². The summed E-state index contributed by atoms with van der Waals surface area (Å²) in [6.07, 6.45) is 0.102. The first kappa shape index (κ1) is 16.6. The molecule has 0 saturated heterocycles. The first-order valence-electron chi connectivity index (χ1n) is 8.12. The van der Waals surface area contributed by atoms with E-state index in [1.165, 1.54) is 6.07 Å². The normalized spacial score (nSPS) is 17.8. The lowest BCUT2D eigenvalue weighted by Gasteiger charge is -2.19. The maximum atomic E-state index is 13.6. The van der Waals surface area contributed by atoms with Crippen LogP contribution in [0.5, 0.6) is 0 Å². The largest absolute Gasteiger partial charge is 0.388 e. The van der Waals surface area contributed by atoms with Gasteiger partial charge in [0.25, 0.3) is 0 Å². The number of benzene rings is 2. The summed E-state index contributed by atoms with van der Waals surface area (Å²) in [7, 11) is 0. The van der Waals surface area contributed by atoms with Crippen molar-refractivity contribution >= 4 is 5.91 Å². The molecule has 24 heavy (non-hydrogen) atoms. The number of halogens is 1. The molecule has 2 aromatic rings. The number of hydrogen-bond acceptors (Lipinski definition) is 3. The molecule has 1 heterocycles. The van der Waals surface area contributed by atoms with Crippen LogP contribution in [-0.2, 0) is 17.9 Å². The zero-order valence-corrected chi connectivity index (χ0v) is 13.4. The number of aliphatic hydroxyl groups excluding tert-OH is 1. The average Bonchev–Trinajstić information content (AvgIpc) is 2.74. The number of rotatable bonds is 4. The SMILES string of the molecule is O=C(CN1CCC(O)c2ccccc2C1)NCc1ccccc1F. The lowest BCUT2D eigenvalue weighted by molar-refractivity contribution is -0.122. The molecule has 0 fully saturated rings. The van der Waals surface area contributed by atoms with Crippen molar-refractivity contribution in [3.8, 4) is 0 Å². The van der Waals surface area contributed by atoms with E-state index in [9.17, 15) is 14.3 Å². The summed E-state index contributed by atoms with van der Waals surface area (Å²) in [5.74, 6) is -0.461. The van der Waals surface area contributed by atoms with Gasteiger partial charge in [0.1, 0.15) is 5.82 Å². The second-order valence-corrected chi connectivity index (χ2v) is 6.08. The molecule has 0 saturated carbocycles. The van der Waals surface area contributed by atoms with Gasteiger partial charge < -0.3 is 10.4 Å². The molecule has 1 aliphatic rings. The molecule has 1 unspecified atom stereocenters. The summed E-state index contributed by atoms with van der Waals surface area (Å²) >= 11 is 0. The van der Waals surface area contributed by atoms with Crippen molar-refractivity contribution in [1.29, 1.82) is 0 Å². The molecule has 3 rings (SSSR count). The Labute approximate surface area is 140 Å². The van der Waals surface area contributed by atoms with Gasteiger partial charge in [0.05, 0.1) is 12.6 Å². The number of aliphatic hydroxyl groups is 1. The van der Waals surface area contributed by atoms with Crippen molar-refractivity contribution in [1.82, 2.24) is 10.2 Å². The molecule has 0 spiro atoms. The molecule has 0 aliphatic carbocycles. The molecule has 2 aromatic carbocycles. The molecular formula is C19H21FN2O2. The standard InChI is InChI=1S/C19H21FN2O2/c20-17-8-4-2-5-14(17)11-21-19(24)13-22-10-9-18(23)16-7-3-1-6-15(16)12-22/h1-8,18,23H,9-13H2,(H,21,24).